The average Bonchev–Trinajstić information content (AvgIpc) is 3.09. The van der Waals surface area contributed by atoms with Gasteiger partial charge in [-0.25, -0.2) is 0 Å². The Bertz CT molecular complexity index is 565. The molecule has 0 aliphatic carbocycles. The quantitative estimate of drug-likeness (QED) is 0.740. The lowest BCUT2D eigenvalue weighted by Crippen LogP contribution is -2.21. The van der Waals surface area contributed by atoms with Crippen molar-refractivity contribution in [2.45, 2.75) is 17.6 Å². The molecule has 1 atom stereocenters. The van der Waals surface area contributed by atoms with E-state index in [1.165, 1.54) is 17.1 Å². The third-order valence-electron chi connectivity index (χ3n) is 3.34. The first-order valence-electron chi connectivity index (χ1n) is 7.49. The summed E-state index contributed by atoms with van der Waals surface area (Å²) < 4.78 is 12.2. The lowest BCUT2D eigenvalue weighted by molar-refractivity contribution is 0.143. The summed E-state index contributed by atoms with van der Waals surface area (Å²) in [6.07, 6.45) is 0.0151. The van der Waals surface area contributed by atoms with Gasteiger partial charge in [-0.15, -0.1) is 23.5 Å². The highest BCUT2D eigenvalue weighted by molar-refractivity contribution is 8.19. The Balaban J connectivity index is 1.49. The number of hydrogen-bond acceptors (Lipinski definition) is 4. The molecular weight excluding hydrogens is 312 g/mol. The predicted molar refractivity (Wildman–Crippen MR) is 96.1 cm³/mol. The second-order valence-electron chi connectivity index (χ2n) is 5.20. The van der Waals surface area contributed by atoms with Gasteiger partial charge in [0.05, 0.1) is 4.58 Å². The van der Waals surface area contributed by atoms with Crippen molar-refractivity contribution in [2.24, 2.45) is 0 Å². The van der Waals surface area contributed by atoms with Crippen molar-refractivity contribution in [3.63, 3.8) is 0 Å². The van der Waals surface area contributed by atoms with Gasteiger partial charge in [-0.05, 0) is 36.8 Å². The fourth-order valence-electron chi connectivity index (χ4n) is 2.25. The molecular formula is C18H20O2S2. The topological polar surface area (TPSA) is 18.5 Å². The van der Waals surface area contributed by atoms with E-state index in [0.29, 0.717) is 11.2 Å². The van der Waals surface area contributed by atoms with Gasteiger partial charge in [-0.1, -0.05) is 30.3 Å². The number of rotatable bonds is 6. The van der Waals surface area contributed by atoms with E-state index in [4.69, 9.17) is 9.47 Å². The summed E-state index contributed by atoms with van der Waals surface area (Å²) in [7, 11) is 0. The molecule has 0 N–H and O–H groups in total. The number of ether oxygens (including phenoxy) is 2. The van der Waals surface area contributed by atoms with E-state index in [-0.39, 0.29) is 6.10 Å². The van der Waals surface area contributed by atoms with Crippen molar-refractivity contribution in [2.75, 3.05) is 18.1 Å². The molecule has 0 radical (unpaired) electrons. The third kappa shape index (κ3) is 4.37. The summed E-state index contributed by atoms with van der Waals surface area (Å²) in [5, 5.41) is 0. The van der Waals surface area contributed by atoms with E-state index in [2.05, 4.69) is 24.3 Å². The van der Waals surface area contributed by atoms with E-state index < -0.39 is 0 Å². The predicted octanol–water partition coefficient (Wildman–Crippen LogP) is 5.01. The largest absolute Gasteiger partial charge is 0.490 e. The van der Waals surface area contributed by atoms with Crippen molar-refractivity contribution >= 4 is 23.5 Å². The van der Waals surface area contributed by atoms with Crippen LogP contribution in [-0.4, -0.2) is 24.2 Å². The Hall–Kier alpha value is -1.26. The smallest absolute Gasteiger partial charge is 0.130 e. The molecule has 116 valence electrons. The monoisotopic (exact) mass is 332 g/mol. The molecule has 2 aromatic rings. The van der Waals surface area contributed by atoms with Gasteiger partial charge in [0, 0.05) is 11.5 Å². The first-order valence-corrected chi connectivity index (χ1v) is 9.59. The van der Waals surface area contributed by atoms with Crippen LogP contribution in [0.15, 0.2) is 54.6 Å². The van der Waals surface area contributed by atoms with Crippen LogP contribution in [0.5, 0.6) is 11.5 Å². The van der Waals surface area contributed by atoms with E-state index in [0.717, 1.165) is 11.5 Å². The zero-order valence-electron chi connectivity index (χ0n) is 12.6. The molecule has 4 heteroatoms. The van der Waals surface area contributed by atoms with Crippen LogP contribution in [-0.2, 0) is 0 Å². The lowest BCUT2D eigenvalue weighted by atomic mass is 10.2. The normalized spacial score (nSPS) is 16.4. The van der Waals surface area contributed by atoms with Gasteiger partial charge in [-0.3, -0.25) is 0 Å². The Kier molecular flexibility index (Phi) is 5.57. The molecule has 0 bridgehead atoms. The molecule has 2 nitrogen and oxygen atoms in total. The van der Waals surface area contributed by atoms with Crippen LogP contribution in [0, 0.1) is 0 Å². The molecule has 2 aromatic carbocycles. The van der Waals surface area contributed by atoms with Crippen LogP contribution in [0.2, 0.25) is 0 Å². The summed E-state index contributed by atoms with van der Waals surface area (Å²) >= 11 is 4.05. The second-order valence-corrected chi connectivity index (χ2v) is 7.92. The Morgan fingerprint density at radius 1 is 0.955 bits per heavy atom. The van der Waals surface area contributed by atoms with Gasteiger partial charge in [0.2, 0.25) is 0 Å². The summed E-state index contributed by atoms with van der Waals surface area (Å²) in [4.78, 5) is 0. The standard InChI is InChI=1S/C18H20O2S2/c1-14(13-19-16-5-3-2-4-6-16)20-17-9-7-15(8-10-17)18-21-11-12-22-18/h2-10,14,18H,11-13H2,1H3. The van der Waals surface area contributed by atoms with Crippen LogP contribution >= 0.6 is 23.5 Å². The molecule has 22 heavy (non-hydrogen) atoms. The number of thioether (sulfide) groups is 2. The molecule has 0 saturated carbocycles. The Morgan fingerprint density at radius 3 is 2.32 bits per heavy atom. The summed E-state index contributed by atoms with van der Waals surface area (Å²) in [5.74, 6) is 4.28. The highest BCUT2D eigenvalue weighted by Crippen LogP contribution is 2.45. The molecule has 0 aromatic heterocycles. The Labute approximate surface area is 140 Å². The molecule has 1 aliphatic rings. The maximum absolute atomic E-state index is 5.92. The maximum atomic E-state index is 5.92. The molecule has 1 fully saturated rings. The van der Waals surface area contributed by atoms with Crippen LogP contribution in [0.3, 0.4) is 0 Å². The van der Waals surface area contributed by atoms with Crippen molar-refractivity contribution in [3.8, 4) is 11.5 Å². The van der Waals surface area contributed by atoms with E-state index in [1.807, 2.05) is 60.8 Å². The van der Waals surface area contributed by atoms with Gasteiger partial charge >= 0.3 is 0 Å². The van der Waals surface area contributed by atoms with Crippen molar-refractivity contribution in [3.05, 3.63) is 60.2 Å². The Morgan fingerprint density at radius 2 is 1.64 bits per heavy atom. The maximum Gasteiger partial charge on any atom is 0.130 e. The van der Waals surface area contributed by atoms with Gasteiger partial charge < -0.3 is 9.47 Å². The van der Waals surface area contributed by atoms with Crippen LogP contribution in [0.1, 0.15) is 17.1 Å². The van der Waals surface area contributed by atoms with Crippen LogP contribution in [0.25, 0.3) is 0 Å². The minimum Gasteiger partial charge on any atom is -0.490 e. The van der Waals surface area contributed by atoms with Crippen molar-refractivity contribution in [1.82, 2.24) is 0 Å². The van der Waals surface area contributed by atoms with Gasteiger partial charge in [0.15, 0.2) is 0 Å². The van der Waals surface area contributed by atoms with E-state index in [9.17, 15) is 0 Å². The highest BCUT2D eigenvalue weighted by Gasteiger charge is 2.18. The van der Waals surface area contributed by atoms with Gasteiger partial charge in [0.25, 0.3) is 0 Å². The molecule has 0 spiro atoms. The lowest BCUT2D eigenvalue weighted by Gasteiger charge is -2.16. The second kappa shape index (κ2) is 7.84. The van der Waals surface area contributed by atoms with E-state index in [1.54, 1.807) is 0 Å². The number of benzene rings is 2. The first kappa shape index (κ1) is 15.6. The highest BCUT2D eigenvalue weighted by atomic mass is 32.2. The van der Waals surface area contributed by atoms with Crippen molar-refractivity contribution in [1.29, 1.82) is 0 Å². The first-order chi connectivity index (χ1) is 10.8. The fraction of sp³-hybridized carbons (Fsp3) is 0.333. The SMILES string of the molecule is CC(COc1ccccc1)Oc1ccc(C2SCCS2)cc1. The molecule has 1 aliphatic heterocycles. The summed E-state index contributed by atoms with van der Waals surface area (Å²) in [6, 6.07) is 18.3. The molecule has 1 saturated heterocycles. The number of para-hydroxylation sites is 1. The molecule has 1 unspecified atom stereocenters. The van der Waals surface area contributed by atoms with Gasteiger partial charge in [-0.2, -0.15) is 0 Å². The van der Waals surface area contributed by atoms with Crippen molar-refractivity contribution < 1.29 is 9.47 Å². The van der Waals surface area contributed by atoms with E-state index >= 15 is 0 Å². The van der Waals surface area contributed by atoms with Crippen LogP contribution in [0.4, 0.5) is 0 Å². The fourth-order valence-corrected chi connectivity index (χ4v) is 5.11. The van der Waals surface area contributed by atoms with Gasteiger partial charge in [0.1, 0.15) is 24.2 Å². The molecule has 1 heterocycles. The summed E-state index contributed by atoms with van der Waals surface area (Å²) in [6.45, 7) is 2.57. The van der Waals surface area contributed by atoms with Crippen LogP contribution < -0.4 is 9.47 Å². The zero-order chi connectivity index (χ0) is 15.2. The molecule has 3 rings (SSSR count). The zero-order valence-corrected chi connectivity index (χ0v) is 14.2. The summed E-state index contributed by atoms with van der Waals surface area (Å²) in [5.41, 5.74) is 1.38. The molecule has 0 amide bonds. The average molecular weight is 332 g/mol. The number of hydrogen-bond donors (Lipinski definition) is 0. The minimum absolute atomic E-state index is 0.0151. The minimum atomic E-state index is 0.0151. The third-order valence-corrected chi connectivity index (χ3v) is 6.44.